The smallest absolute Gasteiger partial charge is 1.00 e. The van der Waals surface area contributed by atoms with E-state index in [0.717, 1.165) is 0 Å². The van der Waals surface area contributed by atoms with E-state index in [2.05, 4.69) is 30.7 Å². The summed E-state index contributed by atoms with van der Waals surface area (Å²) in [6.07, 6.45) is 0. The van der Waals surface area contributed by atoms with Crippen LogP contribution in [-0.4, -0.2) is 24.3 Å². The Labute approximate surface area is 103 Å². The Morgan fingerprint density at radius 1 is 1.17 bits per heavy atom. The summed E-state index contributed by atoms with van der Waals surface area (Å²) >= 11 is 7.69. The Bertz CT molecular complexity index is 274. The maximum atomic E-state index is 10.1. The van der Waals surface area contributed by atoms with Gasteiger partial charge in [0.05, 0.1) is 0 Å². The zero-order valence-electron chi connectivity index (χ0n) is 6.87. The number of hydrogen-bond acceptors (Lipinski definition) is 6. The third-order valence-electron chi connectivity index (χ3n) is 0.394. The van der Waals surface area contributed by atoms with Crippen molar-refractivity contribution in [3.05, 3.63) is 0 Å². The van der Waals surface area contributed by atoms with E-state index in [-0.39, 0.29) is 31.0 Å². The molecule has 2 atom stereocenters. The molecule has 0 aromatic carbocycles. The van der Waals surface area contributed by atoms with Gasteiger partial charge in [0.2, 0.25) is 0 Å². The molecule has 70 valence electrons. The Morgan fingerprint density at radius 2 is 1.42 bits per heavy atom. The predicted octanol–water partition coefficient (Wildman–Crippen LogP) is -3.64. The first-order chi connectivity index (χ1) is 4.71. The van der Waals surface area contributed by atoms with Crippen LogP contribution in [0.2, 0.25) is 0 Å². The van der Waals surface area contributed by atoms with Gasteiger partial charge in [0.25, 0.3) is 18.1 Å². The largest absolute Gasteiger partial charge is 1.00 e. The molecule has 0 fully saturated rings. The molecule has 0 saturated carbocycles. The summed E-state index contributed by atoms with van der Waals surface area (Å²) in [6.45, 7) is -0.891. The van der Waals surface area contributed by atoms with E-state index in [0.29, 0.717) is 0 Å². The molecule has 0 spiro atoms. The fourth-order valence-electron chi connectivity index (χ4n) is 0.141. The second kappa shape index (κ2) is 6.14. The zero-order chi connectivity index (χ0) is 9.12. The molecule has 12 heavy (non-hydrogen) atoms. The van der Waals surface area contributed by atoms with E-state index in [1.54, 1.807) is 0 Å². The van der Waals surface area contributed by atoms with Gasteiger partial charge >= 0.3 is 29.6 Å². The summed E-state index contributed by atoms with van der Waals surface area (Å²) < 4.78 is 44.5. The van der Waals surface area contributed by atoms with E-state index in [4.69, 9.17) is 9.11 Å². The maximum Gasteiger partial charge on any atom is 1.00 e. The fraction of sp³-hybridized carbons (Fsp3) is 1.00. The van der Waals surface area contributed by atoms with Gasteiger partial charge < -0.3 is 1.43 Å². The molecule has 0 radical (unpaired) electrons. The van der Waals surface area contributed by atoms with Gasteiger partial charge in [-0.05, 0) is 0 Å². The van der Waals surface area contributed by atoms with Gasteiger partial charge in [-0.1, -0.05) is 0 Å². The van der Waals surface area contributed by atoms with E-state index in [1.807, 2.05) is 0 Å². The molecule has 0 saturated heterocycles. The fourth-order valence-corrected chi connectivity index (χ4v) is 0.777. The van der Waals surface area contributed by atoms with Crippen molar-refractivity contribution in [1.29, 1.82) is 0 Å². The van der Waals surface area contributed by atoms with Crippen LogP contribution in [0, 0.1) is 0 Å². The second-order valence-electron chi connectivity index (χ2n) is 1.21. The summed E-state index contributed by atoms with van der Waals surface area (Å²) in [6, 6.07) is 0. The van der Waals surface area contributed by atoms with Crippen LogP contribution in [0.15, 0.2) is 0 Å². The molecule has 0 aliphatic rings. The van der Waals surface area contributed by atoms with Crippen molar-refractivity contribution < 1.29 is 56.9 Å². The summed E-state index contributed by atoms with van der Waals surface area (Å²) in [5.74, 6) is 0. The summed E-state index contributed by atoms with van der Waals surface area (Å²) in [5, 5.41) is 0. The van der Waals surface area contributed by atoms with Crippen molar-refractivity contribution in [2.24, 2.45) is 0 Å². The molecule has 2 N–H and O–H groups in total. The van der Waals surface area contributed by atoms with E-state index >= 15 is 0 Å². The molecular formula is CH5NaO6S4. The van der Waals surface area contributed by atoms with Gasteiger partial charge in [-0.2, -0.15) is 8.42 Å². The molecule has 0 aliphatic carbocycles. The van der Waals surface area contributed by atoms with Gasteiger partial charge in [0.1, 0.15) is 0 Å². The van der Waals surface area contributed by atoms with Crippen LogP contribution in [0.5, 0.6) is 0 Å². The van der Waals surface area contributed by atoms with Crippen LogP contribution in [0.4, 0.5) is 0 Å². The minimum atomic E-state index is -3.82. The molecule has 0 aromatic rings. The first-order valence-electron chi connectivity index (χ1n) is 1.94. The Morgan fingerprint density at radius 3 is 1.58 bits per heavy atom. The minimum Gasteiger partial charge on any atom is -1.00 e. The quantitative estimate of drug-likeness (QED) is 0.397. The third-order valence-corrected chi connectivity index (χ3v) is 1.76. The van der Waals surface area contributed by atoms with Crippen LogP contribution in [0.25, 0.3) is 0 Å². The van der Waals surface area contributed by atoms with Crippen LogP contribution in [0.3, 0.4) is 0 Å². The van der Waals surface area contributed by atoms with Crippen LogP contribution in [0.1, 0.15) is 1.43 Å². The monoisotopic (exact) mass is 264 g/mol. The van der Waals surface area contributed by atoms with Gasteiger partial charge in [0.15, 0.2) is 6.79 Å². The standard InChI is InChI=1S/CH4O6S4.Na.H/c2-10(3,8)6-1-7-11(4,5)9;;/h1H2,(H,2,3,8)(H,4,5,9);;/q;+1;-1. The Kier molecular flexibility index (Phi) is 8.20. The topological polar surface area (TPSA) is 93.1 Å². The Balaban J connectivity index is -0.000000500. The van der Waals surface area contributed by atoms with Crippen LogP contribution < -0.4 is 29.6 Å². The molecule has 0 bridgehead atoms. The zero-order valence-corrected chi connectivity index (χ0v) is 11.1. The first-order valence-corrected chi connectivity index (χ1v) is 6.67. The molecule has 0 aromatic heterocycles. The van der Waals surface area contributed by atoms with E-state index < -0.39 is 24.9 Å². The first kappa shape index (κ1) is 16.0. The van der Waals surface area contributed by atoms with Crippen molar-refractivity contribution in [2.45, 2.75) is 0 Å². The van der Waals surface area contributed by atoms with E-state index in [1.165, 1.54) is 0 Å². The molecule has 0 aliphatic heterocycles. The molecule has 2 unspecified atom stereocenters. The van der Waals surface area contributed by atoms with Crippen molar-refractivity contribution >= 4 is 40.5 Å². The third kappa shape index (κ3) is 14.1. The maximum absolute atomic E-state index is 10.1. The van der Waals surface area contributed by atoms with E-state index in [9.17, 15) is 8.42 Å². The Hall–Kier alpha value is 1.58. The SMILES string of the molecule is O=S(O)(=S)OCOS(=O)(O)=S.[H-].[Na+]. The van der Waals surface area contributed by atoms with Crippen molar-refractivity contribution in [1.82, 2.24) is 0 Å². The summed E-state index contributed by atoms with van der Waals surface area (Å²) in [7, 11) is -7.64. The van der Waals surface area contributed by atoms with Crippen molar-refractivity contribution in [2.75, 3.05) is 6.79 Å². The number of rotatable bonds is 4. The summed E-state index contributed by atoms with van der Waals surface area (Å²) in [4.78, 5) is 0. The molecule has 6 nitrogen and oxygen atoms in total. The molecule has 11 heteroatoms. The minimum absolute atomic E-state index is 0. The van der Waals surface area contributed by atoms with Gasteiger partial charge in [0, 0.05) is 22.4 Å². The average molecular weight is 264 g/mol. The molecule has 0 rings (SSSR count). The molecule has 0 heterocycles. The van der Waals surface area contributed by atoms with Gasteiger partial charge in [-0.15, -0.1) is 0 Å². The van der Waals surface area contributed by atoms with Crippen LogP contribution >= 0.6 is 0 Å². The van der Waals surface area contributed by atoms with Gasteiger partial charge in [-0.25, -0.2) is 8.37 Å². The second-order valence-corrected chi connectivity index (χ2v) is 5.92. The predicted molar refractivity (Wildman–Crippen MR) is 44.4 cm³/mol. The summed E-state index contributed by atoms with van der Waals surface area (Å²) in [5.41, 5.74) is 0. The normalized spacial score (nSPS) is 20.2. The average Bonchev–Trinajstić information content (AvgIpc) is 1.55. The molecular weight excluding hydrogens is 259 g/mol. The van der Waals surface area contributed by atoms with Gasteiger partial charge in [-0.3, -0.25) is 9.11 Å². The van der Waals surface area contributed by atoms with Crippen LogP contribution in [-0.2, 0) is 48.8 Å². The number of hydrogen-bond donors (Lipinski definition) is 2. The van der Waals surface area contributed by atoms with Crippen molar-refractivity contribution in [3.63, 3.8) is 0 Å². The molecule has 0 amide bonds. The van der Waals surface area contributed by atoms with Crippen molar-refractivity contribution in [3.8, 4) is 0 Å².